The van der Waals surface area contributed by atoms with E-state index in [1.807, 2.05) is 13.8 Å². The van der Waals surface area contributed by atoms with Crippen molar-refractivity contribution in [1.82, 2.24) is 8.75 Å². The van der Waals surface area contributed by atoms with Gasteiger partial charge in [-0.25, -0.2) is 0 Å². The molecule has 3 aromatic carbocycles. The lowest BCUT2D eigenvalue weighted by atomic mass is 9.98. The Balaban J connectivity index is 1.49. The van der Waals surface area contributed by atoms with Crippen LogP contribution in [0, 0.1) is 13.8 Å². The second-order valence-corrected chi connectivity index (χ2v) is 16.8. The van der Waals surface area contributed by atoms with Gasteiger partial charge in [0.1, 0.15) is 19.1 Å². The Kier molecular flexibility index (Phi) is 10.6. The summed E-state index contributed by atoms with van der Waals surface area (Å²) in [7, 11) is -2.18. The first-order valence-corrected chi connectivity index (χ1v) is 19.3. The number of hydrogen-bond acceptors (Lipinski definition) is 7. The molecule has 2 heterocycles. The van der Waals surface area contributed by atoms with Gasteiger partial charge in [-0.3, -0.25) is 9.59 Å². The van der Waals surface area contributed by atoms with Crippen molar-refractivity contribution in [2.24, 2.45) is 0 Å². The first kappa shape index (κ1) is 32.0. The number of benzene rings is 3. The van der Waals surface area contributed by atoms with Gasteiger partial charge in [0.05, 0.1) is 24.9 Å². The summed E-state index contributed by atoms with van der Waals surface area (Å²) in [6, 6.07) is 20.7. The summed E-state index contributed by atoms with van der Waals surface area (Å²) in [6.07, 6.45) is 6.86. The largest absolute Gasteiger partial charge is 0.466 e. The minimum atomic E-state index is -2.18. The first-order chi connectivity index (χ1) is 21.4. The van der Waals surface area contributed by atoms with Gasteiger partial charge >= 0.3 is 11.9 Å². The number of carbonyl (C=O) groups excluding carboxylic acids is 2. The number of unbranched alkanes of at least 4 members (excludes halogenated alkanes) is 4. The number of aryl methyl sites for hydroxylation is 2. The topological polar surface area (TPSA) is 78.4 Å². The van der Waals surface area contributed by atoms with E-state index in [9.17, 15) is 9.59 Å². The lowest BCUT2D eigenvalue weighted by molar-refractivity contribution is -0.144. The quantitative estimate of drug-likeness (QED) is 0.0761. The van der Waals surface area contributed by atoms with Crippen LogP contribution in [0.4, 0.5) is 0 Å². The van der Waals surface area contributed by atoms with Crippen LogP contribution in [0.1, 0.15) is 76.3 Å². The van der Waals surface area contributed by atoms with E-state index in [2.05, 4.69) is 66.8 Å². The molecule has 0 unspecified atom stereocenters. The number of fused-ring (bicyclic) bond motifs is 4. The fraction of sp³-hybridized carbons (Fsp3) is 0.444. The molecule has 8 heteroatoms. The van der Waals surface area contributed by atoms with Gasteiger partial charge in [-0.2, -0.15) is 8.75 Å². The highest BCUT2D eigenvalue weighted by Gasteiger charge is 2.44. The standard InChI is InChI=1S/C36H44N2O4SSi/c1-5-41-33(39)13-9-7-11-21-44(22-12-8-10-14-34(40)42-6-2)31-23-25(3)15-18-29(31)30-20-17-27(24-32(30)44)28-19-16-26(4)35-36(28)38-43-37-35/h15-20,23-24H,5-14,21-22H2,1-4H3. The molecule has 0 spiro atoms. The Morgan fingerprint density at radius 3 is 1.89 bits per heavy atom. The Morgan fingerprint density at radius 2 is 1.25 bits per heavy atom. The third-order valence-electron chi connectivity index (χ3n) is 9.02. The Morgan fingerprint density at radius 1 is 0.682 bits per heavy atom. The minimum Gasteiger partial charge on any atom is -0.466 e. The molecular formula is C36H44N2O4SSi. The van der Waals surface area contributed by atoms with E-state index >= 15 is 0 Å². The number of hydrogen-bond donors (Lipinski definition) is 0. The van der Waals surface area contributed by atoms with Crippen molar-refractivity contribution in [3.63, 3.8) is 0 Å². The predicted molar refractivity (Wildman–Crippen MR) is 183 cm³/mol. The molecule has 0 N–H and O–H groups in total. The lowest BCUT2D eigenvalue weighted by Gasteiger charge is -2.31. The third-order valence-corrected chi connectivity index (χ3v) is 14.9. The maximum absolute atomic E-state index is 12.0. The van der Waals surface area contributed by atoms with Crippen LogP contribution >= 0.6 is 11.7 Å². The molecule has 0 bridgehead atoms. The molecule has 0 saturated heterocycles. The number of carbonyl (C=O) groups is 2. The van der Waals surface area contributed by atoms with E-state index in [1.165, 1.54) is 39.2 Å². The molecule has 232 valence electrons. The van der Waals surface area contributed by atoms with Crippen molar-refractivity contribution in [2.45, 2.75) is 91.1 Å². The highest BCUT2D eigenvalue weighted by molar-refractivity contribution is 7.05. The van der Waals surface area contributed by atoms with Crippen LogP contribution in [0.2, 0.25) is 12.1 Å². The van der Waals surface area contributed by atoms with Crippen LogP contribution in [-0.2, 0) is 19.1 Å². The Hall–Kier alpha value is -3.36. The number of nitrogens with zero attached hydrogens (tertiary/aromatic N) is 2. The normalized spacial score (nSPS) is 13.1. The van der Waals surface area contributed by atoms with Gasteiger partial charge in [0, 0.05) is 18.4 Å². The molecular weight excluding hydrogens is 585 g/mol. The van der Waals surface area contributed by atoms with Crippen molar-refractivity contribution < 1.29 is 19.1 Å². The molecule has 0 radical (unpaired) electrons. The first-order valence-electron chi connectivity index (χ1n) is 16.2. The van der Waals surface area contributed by atoms with Gasteiger partial charge < -0.3 is 9.47 Å². The monoisotopic (exact) mass is 628 g/mol. The third kappa shape index (κ3) is 6.81. The lowest BCUT2D eigenvalue weighted by Crippen LogP contribution is -2.55. The number of esters is 2. The molecule has 0 amide bonds. The second kappa shape index (κ2) is 14.6. The van der Waals surface area contributed by atoms with E-state index < -0.39 is 8.07 Å². The van der Waals surface area contributed by atoms with Crippen LogP contribution in [0.15, 0.2) is 48.5 Å². The molecule has 6 nitrogen and oxygen atoms in total. The summed E-state index contributed by atoms with van der Waals surface area (Å²) in [6.45, 7) is 8.88. The molecule has 1 aromatic heterocycles. The van der Waals surface area contributed by atoms with Crippen molar-refractivity contribution >= 4 is 53.1 Å². The summed E-state index contributed by atoms with van der Waals surface area (Å²) >= 11 is 1.28. The summed E-state index contributed by atoms with van der Waals surface area (Å²) in [4.78, 5) is 24.0. The maximum atomic E-state index is 12.0. The van der Waals surface area contributed by atoms with Gasteiger partial charge in [-0.1, -0.05) is 79.8 Å². The summed E-state index contributed by atoms with van der Waals surface area (Å²) in [5, 5.41) is 3.06. The molecule has 1 aliphatic heterocycles. The van der Waals surface area contributed by atoms with Crippen molar-refractivity contribution in [3.05, 3.63) is 59.7 Å². The number of rotatable bonds is 15. The SMILES string of the molecule is CCOC(=O)CCCCC[Si]1(CCCCCC(=O)OCC)c2cc(C)ccc2-c2ccc(-c3ccc(C)c4nsnc34)cc21. The average Bonchev–Trinajstić information content (AvgIpc) is 3.60. The maximum Gasteiger partial charge on any atom is 0.305 e. The van der Waals surface area contributed by atoms with Gasteiger partial charge in [0.15, 0.2) is 0 Å². The van der Waals surface area contributed by atoms with Crippen molar-refractivity contribution in [3.8, 4) is 22.3 Å². The molecule has 0 aliphatic carbocycles. The molecule has 44 heavy (non-hydrogen) atoms. The molecule has 5 rings (SSSR count). The number of aromatic nitrogens is 2. The second-order valence-electron chi connectivity index (χ2n) is 12.0. The van der Waals surface area contributed by atoms with E-state index in [4.69, 9.17) is 13.8 Å². The fourth-order valence-corrected chi connectivity index (χ4v) is 13.2. The van der Waals surface area contributed by atoms with Gasteiger partial charge in [0.2, 0.25) is 0 Å². The molecule has 4 aromatic rings. The molecule has 0 fully saturated rings. The smallest absolute Gasteiger partial charge is 0.305 e. The highest BCUT2D eigenvalue weighted by Crippen LogP contribution is 2.38. The number of ether oxygens (including phenoxy) is 2. The van der Waals surface area contributed by atoms with Crippen LogP contribution < -0.4 is 10.4 Å². The van der Waals surface area contributed by atoms with E-state index in [1.54, 1.807) is 5.19 Å². The Bertz CT molecular complexity index is 1600. The zero-order valence-electron chi connectivity index (χ0n) is 26.5. The molecule has 0 atom stereocenters. The van der Waals surface area contributed by atoms with Gasteiger partial charge in [-0.15, -0.1) is 0 Å². The molecule has 1 aliphatic rings. The zero-order chi connectivity index (χ0) is 31.1. The Labute approximate surface area is 266 Å². The van der Waals surface area contributed by atoms with E-state index in [-0.39, 0.29) is 11.9 Å². The van der Waals surface area contributed by atoms with Crippen LogP contribution in [0.25, 0.3) is 33.3 Å². The van der Waals surface area contributed by atoms with Crippen LogP contribution in [0.5, 0.6) is 0 Å². The van der Waals surface area contributed by atoms with Gasteiger partial charge in [-0.05, 0) is 85.3 Å². The highest BCUT2D eigenvalue weighted by atomic mass is 32.1. The summed E-state index contributed by atoms with van der Waals surface area (Å²) in [5.74, 6) is -0.197. The predicted octanol–water partition coefficient (Wildman–Crippen LogP) is 7.77. The van der Waals surface area contributed by atoms with Crippen LogP contribution in [-0.4, -0.2) is 42.0 Å². The zero-order valence-corrected chi connectivity index (χ0v) is 28.4. The summed E-state index contributed by atoms with van der Waals surface area (Å²) < 4.78 is 19.6. The van der Waals surface area contributed by atoms with Crippen LogP contribution in [0.3, 0.4) is 0 Å². The minimum absolute atomic E-state index is 0.0983. The average molecular weight is 629 g/mol. The van der Waals surface area contributed by atoms with Crippen molar-refractivity contribution in [2.75, 3.05) is 13.2 Å². The van der Waals surface area contributed by atoms with Gasteiger partial charge in [0.25, 0.3) is 0 Å². The molecule has 0 saturated carbocycles. The van der Waals surface area contributed by atoms with E-state index in [0.29, 0.717) is 26.1 Å². The summed E-state index contributed by atoms with van der Waals surface area (Å²) in [5.41, 5.74) is 9.50. The van der Waals surface area contributed by atoms with Crippen molar-refractivity contribution in [1.29, 1.82) is 0 Å². The fourth-order valence-electron chi connectivity index (χ4n) is 6.88. The van der Waals surface area contributed by atoms with E-state index in [0.717, 1.165) is 72.8 Å².